The molecule has 0 bridgehead atoms. The first kappa shape index (κ1) is 8.74. The molecule has 2 heterocycles. The van der Waals surface area contributed by atoms with Gasteiger partial charge in [-0.15, -0.1) is 11.3 Å². The molecular weight excluding hydrogens is 206 g/mol. The Bertz CT molecular complexity index is 407. The molecule has 0 unspecified atom stereocenters. The van der Waals surface area contributed by atoms with Crippen LogP contribution in [-0.2, 0) is 6.54 Å². The van der Waals surface area contributed by atoms with Gasteiger partial charge in [0.2, 0.25) is 0 Å². The molecule has 0 radical (unpaired) electrons. The Hall–Kier alpha value is -0.840. The third kappa shape index (κ3) is 1.75. The van der Waals surface area contributed by atoms with Crippen LogP contribution in [0.5, 0.6) is 0 Å². The van der Waals surface area contributed by atoms with Crippen molar-refractivity contribution < 1.29 is 0 Å². The molecule has 68 valence electrons. The number of thiophene rings is 1. The average molecular weight is 214 g/mol. The lowest BCUT2D eigenvalue weighted by molar-refractivity contribution is 0.949. The van der Waals surface area contributed by atoms with Gasteiger partial charge in [0.15, 0.2) is 0 Å². The van der Waals surface area contributed by atoms with Crippen LogP contribution in [0.3, 0.4) is 0 Å². The molecule has 0 amide bonds. The summed E-state index contributed by atoms with van der Waals surface area (Å²) in [7, 11) is 0. The van der Waals surface area contributed by atoms with Crippen LogP contribution in [-0.4, -0.2) is 10.2 Å². The number of halogens is 1. The lowest BCUT2D eigenvalue weighted by Crippen LogP contribution is -1.95. The Kier molecular flexibility index (Phi) is 2.35. The van der Waals surface area contributed by atoms with E-state index < -0.39 is 0 Å². The number of nitrogens with two attached hydrogens (primary N) is 1. The van der Waals surface area contributed by atoms with E-state index in [9.17, 15) is 0 Å². The topological polar surface area (TPSA) is 54.7 Å². The van der Waals surface area contributed by atoms with Gasteiger partial charge >= 0.3 is 0 Å². The minimum Gasteiger partial charge on any atom is -0.325 e. The van der Waals surface area contributed by atoms with E-state index in [-0.39, 0.29) is 0 Å². The summed E-state index contributed by atoms with van der Waals surface area (Å²) in [6.45, 7) is 0.478. The van der Waals surface area contributed by atoms with Crippen LogP contribution in [0.25, 0.3) is 10.6 Å². The zero-order valence-electron chi connectivity index (χ0n) is 6.75. The first-order valence-corrected chi connectivity index (χ1v) is 4.99. The molecule has 0 spiro atoms. The van der Waals surface area contributed by atoms with Crippen molar-refractivity contribution >= 4 is 22.9 Å². The van der Waals surface area contributed by atoms with Gasteiger partial charge in [0.1, 0.15) is 5.69 Å². The molecular formula is C8H8ClN3S. The summed E-state index contributed by atoms with van der Waals surface area (Å²) in [5.74, 6) is 0. The summed E-state index contributed by atoms with van der Waals surface area (Å²) in [6.07, 6.45) is 0. The minimum absolute atomic E-state index is 0.478. The Balaban J connectivity index is 2.35. The molecule has 0 saturated carbocycles. The van der Waals surface area contributed by atoms with Crippen LogP contribution < -0.4 is 5.73 Å². The highest BCUT2D eigenvalue weighted by atomic mass is 35.5. The van der Waals surface area contributed by atoms with Gasteiger partial charge in [0.25, 0.3) is 0 Å². The molecule has 0 atom stereocenters. The fourth-order valence-corrected chi connectivity index (χ4v) is 2.05. The molecule has 3 nitrogen and oxygen atoms in total. The highest BCUT2D eigenvalue weighted by Crippen LogP contribution is 2.29. The molecule has 2 rings (SSSR count). The fourth-order valence-electron chi connectivity index (χ4n) is 1.04. The Morgan fingerprint density at radius 1 is 1.54 bits per heavy atom. The molecule has 3 N–H and O–H groups in total. The maximum Gasteiger partial charge on any atom is 0.102 e. The molecule has 2 aromatic rings. The van der Waals surface area contributed by atoms with Crippen molar-refractivity contribution in [2.24, 2.45) is 5.73 Å². The van der Waals surface area contributed by atoms with Crippen molar-refractivity contribution in [1.29, 1.82) is 0 Å². The number of nitrogens with zero attached hydrogens (tertiary/aromatic N) is 1. The molecule has 2 aromatic heterocycles. The van der Waals surface area contributed by atoms with Crippen LogP contribution in [0.15, 0.2) is 18.2 Å². The van der Waals surface area contributed by atoms with Crippen LogP contribution in [0, 0.1) is 0 Å². The number of rotatable bonds is 2. The molecule has 0 aliphatic carbocycles. The normalized spacial score (nSPS) is 10.6. The lowest BCUT2D eigenvalue weighted by Gasteiger charge is -1.85. The van der Waals surface area contributed by atoms with Crippen LogP contribution in [0.4, 0.5) is 0 Å². The molecule has 0 aliphatic rings. The number of aromatic amines is 1. The number of hydrogen-bond donors (Lipinski definition) is 2. The van der Waals surface area contributed by atoms with E-state index >= 15 is 0 Å². The lowest BCUT2D eigenvalue weighted by atomic mass is 10.3. The minimum atomic E-state index is 0.478. The van der Waals surface area contributed by atoms with E-state index in [0.717, 1.165) is 20.6 Å². The van der Waals surface area contributed by atoms with Crippen molar-refractivity contribution in [3.8, 4) is 10.6 Å². The van der Waals surface area contributed by atoms with Gasteiger partial charge < -0.3 is 5.73 Å². The monoisotopic (exact) mass is 213 g/mol. The third-order valence-electron chi connectivity index (χ3n) is 1.68. The number of H-pyrrole nitrogens is 1. The van der Waals surface area contributed by atoms with E-state index in [2.05, 4.69) is 10.2 Å². The predicted molar refractivity (Wildman–Crippen MR) is 54.8 cm³/mol. The predicted octanol–water partition coefficient (Wildman–Crippen LogP) is 2.25. The zero-order chi connectivity index (χ0) is 9.26. The second-order valence-electron chi connectivity index (χ2n) is 2.59. The summed E-state index contributed by atoms with van der Waals surface area (Å²) in [5, 5.41) is 6.97. The second-order valence-corrected chi connectivity index (χ2v) is 4.30. The fraction of sp³-hybridized carbons (Fsp3) is 0.125. The largest absolute Gasteiger partial charge is 0.325 e. The van der Waals surface area contributed by atoms with E-state index in [1.807, 2.05) is 18.2 Å². The van der Waals surface area contributed by atoms with Gasteiger partial charge in [-0.3, -0.25) is 5.10 Å². The number of nitrogens with one attached hydrogen (secondary N) is 1. The zero-order valence-corrected chi connectivity index (χ0v) is 8.32. The van der Waals surface area contributed by atoms with Crippen LogP contribution in [0.2, 0.25) is 4.34 Å². The van der Waals surface area contributed by atoms with Crippen molar-refractivity contribution in [3.05, 3.63) is 28.2 Å². The summed E-state index contributed by atoms with van der Waals surface area (Å²) >= 11 is 7.31. The van der Waals surface area contributed by atoms with Gasteiger partial charge in [-0.05, 0) is 18.2 Å². The van der Waals surface area contributed by atoms with E-state index in [1.165, 1.54) is 11.3 Å². The van der Waals surface area contributed by atoms with Crippen molar-refractivity contribution in [3.63, 3.8) is 0 Å². The summed E-state index contributed by atoms with van der Waals surface area (Å²) in [5.41, 5.74) is 7.28. The Morgan fingerprint density at radius 2 is 2.38 bits per heavy atom. The average Bonchev–Trinajstić information content (AvgIpc) is 2.71. The standard InChI is InChI=1S/C8H8ClN3S/c9-8-2-1-7(13-8)6-3-5(4-10)11-12-6/h1-3H,4,10H2,(H,11,12). The first-order valence-electron chi connectivity index (χ1n) is 3.79. The number of aromatic nitrogens is 2. The molecule has 0 fully saturated rings. The van der Waals surface area contributed by atoms with Gasteiger partial charge in [-0.1, -0.05) is 11.6 Å². The summed E-state index contributed by atoms with van der Waals surface area (Å²) in [6, 6.07) is 5.74. The molecule has 0 aromatic carbocycles. The van der Waals surface area contributed by atoms with Crippen LogP contribution in [0.1, 0.15) is 5.69 Å². The van der Waals surface area contributed by atoms with Crippen molar-refractivity contribution in [1.82, 2.24) is 10.2 Å². The van der Waals surface area contributed by atoms with Gasteiger partial charge in [-0.25, -0.2) is 0 Å². The maximum atomic E-state index is 5.81. The van der Waals surface area contributed by atoms with Gasteiger partial charge in [-0.2, -0.15) is 5.10 Å². The molecule has 0 aliphatic heterocycles. The number of hydrogen-bond acceptors (Lipinski definition) is 3. The maximum absolute atomic E-state index is 5.81. The Labute approximate surface area is 84.5 Å². The summed E-state index contributed by atoms with van der Waals surface area (Å²) < 4.78 is 0.771. The quantitative estimate of drug-likeness (QED) is 0.804. The smallest absolute Gasteiger partial charge is 0.102 e. The highest BCUT2D eigenvalue weighted by molar-refractivity contribution is 7.19. The molecule has 0 saturated heterocycles. The van der Waals surface area contributed by atoms with E-state index in [0.29, 0.717) is 6.54 Å². The molecule has 13 heavy (non-hydrogen) atoms. The van der Waals surface area contributed by atoms with E-state index in [1.54, 1.807) is 0 Å². The molecule has 5 heteroatoms. The van der Waals surface area contributed by atoms with Crippen molar-refractivity contribution in [2.45, 2.75) is 6.54 Å². The first-order chi connectivity index (χ1) is 6.29. The highest BCUT2D eigenvalue weighted by Gasteiger charge is 2.05. The Morgan fingerprint density at radius 3 is 2.92 bits per heavy atom. The van der Waals surface area contributed by atoms with Crippen molar-refractivity contribution in [2.75, 3.05) is 0 Å². The van der Waals surface area contributed by atoms with E-state index in [4.69, 9.17) is 17.3 Å². The summed E-state index contributed by atoms with van der Waals surface area (Å²) in [4.78, 5) is 1.06. The second kappa shape index (κ2) is 3.49. The SMILES string of the molecule is NCc1cc(-c2ccc(Cl)s2)n[nH]1. The van der Waals surface area contributed by atoms with Gasteiger partial charge in [0.05, 0.1) is 9.21 Å². The van der Waals surface area contributed by atoms with Crippen LogP contribution >= 0.6 is 22.9 Å². The third-order valence-corrected chi connectivity index (χ3v) is 2.93. The van der Waals surface area contributed by atoms with Gasteiger partial charge in [0, 0.05) is 12.2 Å².